The smallest absolute Gasteiger partial charge is 0.330 e. The van der Waals surface area contributed by atoms with Gasteiger partial charge >= 0.3 is 11.9 Å². The van der Waals surface area contributed by atoms with E-state index in [-0.39, 0.29) is 11.9 Å². The Kier molecular flexibility index (Phi) is 20.9. The number of hydrogen-bond donors (Lipinski definition) is 0. The van der Waals surface area contributed by atoms with E-state index in [0.717, 1.165) is 51.4 Å². The second kappa shape index (κ2) is 22.0. The third-order valence-electron chi connectivity index (χ3n) is 4.76. The molecule has 0 aromatic heterocycles. The van der Waals surface area contributed by atoms with E-state index in [4.69, 9.17) is 9.47 Å². The zero-order chi connectivity index (χ0) is 20.7. The second-order valence-electron chi connectivity index (χ2n) is 7.57. The van der Waals surface area contributed by atoms with Crippen molar-refractivity contribution < 1.29 is 19.1 Å². The highest BCUT2D eigenvalue weighted by atomic mass is 16.5. The summed E-state index contributed by atoms with van der Waals surface area (Å²) in [7, 11) is 0. The molecule has 0 unspecified atom stereocenters. The van der Waals surface area contributed by atoms with Gasteiger partial charge in [-0.05, 0) is 32.1 Å². The molecule has 28 heavy (non-hydrogen) atoms. The molecule has 0 atom stereocenters. The fourth-order valence-corrected chi connectivity index (χ4v) is 2.89. The molecule has 0 heterocycles. The third-order valence-corrected chi connectivity index (χ3v) is 4.76. The number of rotatable bonds is 20. The molecule has 0 aromatic carbocycles. The lowest BCUT2D eigenvalue weighted by atomic mass is 10.1. The first kappa shape index (κ1) is 26.7. The van der Waals surface area contributed by atoms with Crippen LogP contribution in [0.1, 0.15) is 117 Å². The van der Waals surface area contributed by atoms with E-state index in [2.05, 4.69) is 13.8 Å². The molecule has 0 saturated carbocycles. The van der Waals surface area contributed by atoms with E-state index in [1.54, 1.807) is 6.08 Å². The van der Waals surface area contributed by atoms with Crippen LogP contribution in [0.3, 0.4) is 0 Å². The molecule has 0 aromatic rings. The Morgan fingerprint density at radius 2 is 1.14 bits per heavy atom. The lowest BCUT2D eigenvalue weighted by molar-refractivity contribution is -0.144. The highest BCUT2D eigenvalue weighted by Gasteiger charge is 2.02. The summed E-state index contributed by atoms with van der Waals surface area (Å²) in [6, 6.07) is 0. The summed E-state index contributed by atoms with van der Waals surface area (Å²) in [4.78, 5) is 22.8. The molecular weight excluding hydrogens is 352 g/mol. The predicted octanol–water partition coefficient (Wildman–Crippen LogP) is 6.91. The number of unbranched alkanes of at least 4 members (excludes halogenated alkanes) is 12. The van der Waals surface area contributed by atoms with Gasteiger partial charge < -0.3 is 9.47 Å². The summed E-state index contributed by atoms with van der Waals surface area (Å²) < 4.78 is 10.2. The van der Waals surface area contributed by atoms with Crippen LogP contribution in [-0.2, 0) is 19.1 Å². The average molecular weight is 397 g/mol. The second-order valence-corrected chi connectivity index (χ2v) is 7.57. The molecule has 0 radical (unpaired) electrons. The minimum atomic E-state index is -0.207. The Balaban J connectivity index is 3.23. The van der Waals surface area contributed by atoms with E-state index in [9.17, 15) is 9.59 Å². The van der Waals surface area contributed by atoms with Crippen LogP contribution in [0.5, 0.6) is 0 Å². The van der Waals surface area contributed by atoms with Crippen molar-refractivity contribution in [2.45, 2.75) is 117 Å². The Hall–Kier alpha value is -1.32. The van der Waals surface area contributed by atoms with Gasteiger partial charge in [0, 0.05) is 12.5 Å². The Labute approximate surface area is 173 Å². The van der Waals surface area contributed by atoms with Crippen molar-refractivity contribution in [3.8, 4) is 0 Å². The van der Waals surface area contributed by atoms with Crippen molar-refractivity contribution in [1.82, 2.24) is 0 Å². The maximum Gasteiger partial charge on any atom is 0.330 e. The molecule has 0 spiro atoms. The topological polar surface area (TPSA) is 52.6 Å². The number of allylic oxidation sites excluding steroid dienone is 1. The van der Waals surface area contributed by atoms with Crippen molar-refractivity contribution in [2.75, 3.05) is 13.2 Å². The average Bonchev–Trinajstić information content (AvgIpc) is 2.68. The standard InChI is InChI=1S/C24H44O4/c1-3-5-21-27-23(25)19-17-15-13-11-9-7-8-10-12-14-16-18-20-24(26)28-22-6-4-2/h17,19H,3-16,18,20-22H2,1-2H3/b19-17+. The van der Waals surface area contributed by atoms with Crippen LogP contribution in [0.4, 0.5) is 0 Å². The number of ether oxygens (including phenoxy) is 2. The summed E-state index contributed by atoms with van der Waals surface area (Å²) in [5.41, 5.74) is 0. The molecule has 0 rings (SSSR count). The van der Waals surface area contributed by atoms with Crippen LogP contribution >= 0.6 is 0 Å². The van der Waals surface area contributed by atoms with Crippen molar-refractivity contribution in [3.63, 3.8) is 0 Å². The molecule has 164 valence electrons. The molecule has 0 aliphatic carbocycles. The first-order chi connectivity index (χ1) is 13.7. The summed E-state index contributed by atoms with van der Waals surface area (Å²) in [6.07, 6.45) is 21.2. The summed E-state index contributed by atoms with van der Waals surface area (Å²) in [5.74, 6) is -0.237. The molecule has 0 aliphatic heterocycles. The fraction of sp³-hybridized carbons (Fsp3) is 0.833. The molecule has 0 saturated heterocycles. The molecule has 4 nitrogen and oxygen atoms in total. The lowest BCUT2D eigenvalue weighted by Gasteiger charge is -2.04. The SMILES string of the molecule is CCCCOC(=O)/C=C/CCCCCCCCCCCCC(=O)OCCCC. The molecule has 0 amide bonds. The minimum Gasteiger partial charge on any atom is -0.466 e. The zero-order valence-corrected chi connectivity index (χ0v) is 18.5. The van der Waals surface area contributed by atoms with Gasteiger partial charge in [-0.15, -0.1) is 0 Å². The van der Waals surface area contributed by atoms with E-state index < -0.39 is 0 Å². The van der Waals surface area contributed by atoms with Crippen LogP contribution in [0, 0.1) is 0 Å². The minimum absolute atomic E-state index is 0.0309. The molecule has 4 heteroatoms. The van der Waals surface area contributed by atoms with Crippen LogP contribution in [0.2, 0.25) is 0 Å². The van der Waals surface area contributed by atoms with Crippen LogP contribution in [0.15, 0.2) is 12.2 Å². The van der Waals surface area contributed by atoms with Gasteiger partial charge in [0.25, 0.3) is 0 Å². The van der Waals surface area contributed by atoms with Gasteiger partial charge in [0.05, 0.1) is 13.2 Å². The fourth-order valence-electron chi connectivity index (χ4n) is 2.89. The monoisotopic (exact) mass is 396 g/mol. The number of esters is 2. The number of carbonyl (C=O) groups is 2. The number of hydrogen-bond acceptors (Lipinski definition) is 4. The predicted molar refractivity (Wildman–Crippen MR) is 116 cm³/mol. The highest BCUT2D eigenvalue weighted by molar-refractivity contribution is 5.81. The van der Waals surface area contributed by atoms with E-state index in [1.807, 2.05) is 6.08 Å². The summed E-state index contributed by atoms with van der Waals surface area (Å²) >= 11 is 0. The van der Waals surface area contributed by atoms with Gasteiger partial charge in [-0.2, -0.15) is 0 Å². The van der Waals surface area contributed by atoms with Gasteiger partial charge in [-0.3, -0.25) is 4.79 Å². The van der Waals surface area contributed by atoms with Gasteiger partial charge in [0.1, 0.15) is 0 Å². The van der Waals surface area contributed by atoms with Crippen LogP contribution in [0.25, 0.3) is 0 Å². The highest BCUT2D eigenvalue weighted by Crippen LogP contribution is 2.12. The molecular formula is C24H44O4. The van der Waals surface area contributed by atoms with Gasteiger partial charge in [-0.1, -0.05) is 84.1 Å². The molecule has 0 aliphatic rings. The Bertz CT molecular complexity index is 390. The van der Waals surface area contributed by atoms with E-state index >= 15 is 0 Å². The van der Waals surface area contributed by atoms with Crippen molar-refractivity contribution >= 4 is 11.9 Å². The maximum atomic E-state index is 11.5. The van der Waals surface area contributed by atoms with Gasteiger partial charge in [0.15, 0.2) is 0 Å². The normalized spacial score (nSPS) is 11.1. The Morgan fingerprint density at radius 1 is 0.643 bits per heavy atom. The van der Waals surface area contributed by atoms with Crippen molar-refractivity contribution in [2.24, 2.45) is 0 Å². The lowest BCUT2D eigenvalue weighted by Crippen LogP contribution is -2.05. The van der Waals surface area contributed by atoms with Crippen molar-refractivity contribution in [3.05, 3.63) is 12.2 Å². The largest absolute Gasteiger partial charge is 0.466 e. The molecule has 0 bridgehead atoms. The molecule has 0 fully saturated rings. The Morgan fingerprint density at radius 3 is 1.71 bits per heavy atom. The van der Waals surface area contributed by atoms with Crippen LogP contribution in [-0.4, -0.2) is 25.2 Å². The summed E-state index contributed by atoms with van der Waals surface area (Å²) in [6.45, 7) is 5.30. The van der Waals surface area contributed by atoms with E-state index in [0.29, 0.717) is 19.6 Å². The first-order valence-electron chi connectivity index (χ1n) is 11.7. The quantitative estimate of drug-likeness (QED) is 0.127. The number of carbonyl (C=O) groups excluding carboxylic acids is 2. The first-order valence-corrected chi connectivity index (χ1v) is 11.7. The van der Waals surface area contributed by atoms with Crippen molar-refractivity contribution in [1.29, 1.82) is 0 Å². The van der Waals surface area contributed by atoms with Gasteiger partial charge in [-0.25, -0.2) is 4.79 Å². The zero-order valence-electron chi connectivity index (χ0n) is 18.5. The van der Waals surface area contributed by atoms with Gasteiger partial charge in [0.2, 0.25) is 0 Å². The van der Waals surface area contributed by atoms with E-state index in [1.165, 1.54) is 44.9 Å². The third kappa shape index (κ3) is 21.0. The summed E-state index contributed by atoms with van der Waals surface area (Å²) in [5, 5.41) is 0. The molecule has 0 N–H and O–H groups in total. The van der Waals surface area contributed by atoms with Crippen LogP contribution < -0.4 is 0 Å². The maximum absolute atomic E-state index is 11.5.